The van der Waals surface area contributed by atoms with E-state index in [-0.39, 0.29) is 9.88 Å². The smallest absolute Gasteiger partial charge is 0.240 e. The fourth-order valence-electron chi connectivity index (χ4n) is 2.40. The van der Waals surface area contributed by atoms with Crippen molar-refractivity contribution in [2.75, 3.05) is 26.2 Å². The Labute approximate surface area is 131 Å². The molecule has 5 nitrogen and oxygen atoms in total. The van der Waals surface area contributed by atoms with Gasteiger partial charge in [-0.15, -0.1) is 0 Å². The number of nitrogens with one attached hydrogen (secondary N) is 1. The maximum absolute atomic E-state index is 12.2. The Kier molecular flexibility index (Phi) is 5.69. The quantitative estimate of drug-likeness (QED) is 0.765. The third-order valence-corrected chi connectivity index (χ3v) is 5.33. The van der Waals surface area contributed by atoms with Crippen LogP contribution >= 0.6 is 12.2 Å². The molecule has 1 saturated heterocycles. The average Bonchev–Trinajstić information content (AvgIpc) is 2.48. The summed E-state index contributed by atoms with van der Waals surface area (Å²) < 4.78 is 27.0. The second-order valence-corrected chi connectivity index (χ2v) is 7.40. The van der Waals surface area contributed by atoms with E-state index >= 15 is 0 Å². The zero-order valence-corrected chi connectivity index (χ0v) is 13.5. The molecule has 116 valence electrons. The summed E-state index contributed by atoms with van der Waals surface area (Å²) in [4.78, 5) is 2.79. The largest absolute Gasteiger partial charge is 0.389 e. The maximum atomic E-state index is 12.2. The van der Waals surface area contributed by atoms with Crippen molar-refractivity contribution in [2.45, 2.75) is 24.2 Å². The fourth-order valence-corrected chi connectivity index (χ4v) is 3.56. The van der Waals surface area contributed by atoms with Crippen molar-refractivity contribution >= 4 is 27.2 Å². The number of thiocarbonyl (C=S) groups is 1. The van der Waals surface area contributed by atoms with Crippen molar-refractivity contribution < 1.29 is 8.42 Å². The molecule has 0 atom stereocenters. The number of benzene rings is 1. The molecule has 1 aliphatic heterocycles. The number of sulfonamides is 1. The number of hydrogen-bond donors (Lipinski definition) is 2. The van der Waals surface area contributed by atoms with Gasteiger partial charge in [-0.2, -0.15) is 0 Å². The Hall–Kier alpha value is -1.02. The van der Waals surface area contributed by atoms with Crippen molar-refractivity contribution in [3.63, 3.8) is 0 Å². The summed E-state index contributed by atoms with van der Waals surface area (Å²) in [7, 11) is -3.46. The first-order valence-corrected chi connectivity index (χ1v) is 9.00. The van der Waals surface area contributed by atoms with Crippen molar-refractivity contribution in [3.05, 3.63) is 29.8 Å². The van der Waals surface area contributed by atoms with Crippen molar-refractivity contribution in [3.8, 4) is 0 Å². The molecule has 0 aromatic heterocycles. The van der Waals surface area contributed by atoms with E-state index in [4.69, 9.17) is 18.0 Å². The minimum absolute atomic E-state index is 0.237. The van der Waals surface area contributed by atoms with Gasteiger partial charge in [-0.25, -0.2) is 13.1 Å². The van der Waals surface area contributed by atoms with Gasteiger partial charge in [0.2, 0.25) is 10.0 Å². The van der Waals surface area contributed by atoms with Crippen LogP contribution in [0.3, 0.4) is 0 Å². The predicted octanol–water partition coefficient (Wildman–Crippen LogP) is 1.08. The van der Waals surface area contributed by atoms with Crippen LogP contribution in [0.5, 0.6) is 0 Å². The maximum Gasteiger partial charge on any atom is 0.240 e. The highest BCUT2D eigenvalue weighted by molar-refractivity contribution is 7.89. The minimum Gasteiger partial charge on any atom is -0.389 e. The van der Waals surface area contributed by atoms with E-state index in [1.54, 1.807) is 12.1 Å². The number of piperidine rings is 1. The van der Waals surface area contributed by atoms with Gasteiger partial charge in [0.1, 0.15) is 4.99 Å². The topological polar surface area (TPSA) is 75.4 Å². The number of nitrogens with two attached hydrogens (primary N) is 1. The van der Waals surface area contributed by atoms with E-state index in [0.29, 0.717) is 12.1 Å². The first-order chi connectivity index (χ1) is 9.99. The number of hydrogen-bond acceptors (Lipinski definition) is 4. The van der Waals surface area contributed by atoms with E-state index < -0.39 is 10.0 Å². The summed E-state index contributed by atoms with van der Waals surface area (Å²) in [6.07, 6.45) is 3.68. The summed E-state index contributed by atoms with van der Waals surface area (Å²) in [6, 6.07) is 6.30. The monoisotopic (exact) mass is 327 g/mol. The molecule has 1 aromatic carbocycles. The van der Waals surface area contributed by atoms with Crippen LogP contribution in [0.25, 0.3) is 0 Å². The lowest BCUT2D eigenvalue weighted by Crippen LogP contribution is -2.37. The van der Waals surface area contributed by atoms with Crippen LogP contribution in [0.1, 0.15) is 24.8 Å². The van der Waals surface area contributed by atoms with Gasteiger partial charge in [-0.1, -0.05) is 30.8 Å². The Morgan fingerprint density at radius 2 is 1.81 bits per heavy atom. The summed E-state index contributed by atoms with van der Waals surface area (Å²) in [5.74, 6) is 0. The Balaban J connectivity index is 1.90. The predicted molar refractivity (Wildman–Crippen MR) is 87.8 cm³/mol. The third-order valence-electron chi connectivity index (χ3n) is 3.62. The normalized spacial score (nSPS) is 16.8. The van der Waals surface area contributed by atoms with E-state index in [2.05, 4.69) is 9.62 Å². The summed E-state index contributed by atoms with van der Waals surface area (Å²) >= 11 is 4.85. The Morgan fingerprint density at radius 3 is 2.38 bits per heavy atom. The van der Waals surface area contributed by atoms with Crippen LogP contribution in [-0.2, 0) is 10.0 Å². The Morgan fingerprint density at radius 1 is 1.19 bits per heavy atom. The van der Waals surface area contributed by atoms with Crippen LogP contribution in [0.4, 0.5) is 0 Å². The molecule has 1 heterocycles. The molecule has 0 spiro atoms. The second-order valence-electron chi connectivity index (χ2n) is 5.19. The van der Waals surface area contributed by atoms with Crippen molar-refractivity contribution in [1.82, 2.24) is 9.62 Å². The van der Waals surface area contributed by atoms with Crippen molar-refractivity contribution in [2.24, 2.45) is 5.73 Å². The molecule has 7 heteroatoms. The number of rotatable bonds is 6. The minimum atomic E-state index is -3.46. The average molecular weight is 327 g/mol. The van der Waals surface area contributed by atoms with Gasteiger partial charge in [0, 0.05) is 18.7 Å². The van der Waals surface area contributed by atoms with Crippen LogP contribution in [0, 0.1) is 0 Å². The second kappa shape index (κ2) is 7.31. The molecule has 2 rings (SSSR count). The zero-order chi connectivity index (χ0) is 15.3. The molecule has 0 amide bonds. The van der Waals surface area contributed by atoms with Gasteiger partial charge in [0.25, 0.3) is 0 Å². The van der Waals surface area contributed by atoms with Crippen LogP contribution < -0.4 is 10.5 Å². The zero-order valence-electron chi connectivity index (χ0n) is 11.9. The molecule has 21 heavy (non-hydrogen) atoms. The van der Waals surface area contributed by atoms with Crippen LogP contribution in [0.15, 0.2) is 29.2 Å². The van der Waals surface area contributed by atoms with Gasteiger partial charge in [-0.05, 0) is 38.1 Å². The third kappa shape index (κ3) is 4.74. The van der Waals surface area contributed by atoms with Gasteiger partial charge >= 0.3 is 0 Å². The highest BCUT2D eigenvalue weighted by atomic mass is 32.2. The SMILES string of the molecule is NC(=S)c1ccc(S(=O)(=O)NCCN2CCCCC2)cc1. The first-order valence-electron chi connectivity index (χ1n) is 7.11. The highest BCUT2D eigenvalue weighted by Crippen LogP contribution is 2.11. The molecule has 1 aromatic rings. The summed E-state index contributed by atoms with van der Waals surface area (Å²) in [5, 5.41) is 0. The van der Waals surface area contributed by atoms with Crippen LogP contribution in [0.2, 0.25) is 0 Å². The van der Waals surface area contributed by atoms with E-state index in [1.807, 2.05) is 0 Å². The van der Waals surface area contributed by atoms with Gasteiger partial charge in [-0.3, -0.25) is 0 Å². The standard InChI is InChI=1S/C14H21N3O2S2/c15-14(20)12-4-6-13(7-5-12)21(18,19)16-8-11-17-9-2-1-3-10-17/h4-7,16H,1-3,8-11H2,(H2,15,20). The summed E-state index contributed by atoms with van der Waals surface area (Å²) in [6.45, 7) is 3.30. The number of likely N-dealkylation sites (tertiary alicyclic amines) is 1. The van der Waals surface area contributed by atoms with E-state index in [9.17, 15) is 8.42 Å². The van der Waals surface area contributed by atoms with E-state index in [1.165, 1.54) is 31.4 Å². The first kappa shape index (κ1) is 16.4. The van der Waals surface area contributed by atoms with Crippen molar-refractivity contribution in [1.29, 1.82) is 0 Å². The molecule has 0 radical (unpaired) electrons. The summed E-state index contributed by atoms with van der Waals surface area (Å²) in [5.41, 5.74) is 6.16. The van der Waals surface area contributed by atoms with E-state index in [0.717, 1.165) is 19.6 Å². The van der Waals surface area contributed by atoms with Crippen LogP contribution in [-0.4, -0.2) is 44.5 Å². The fraction of sp³-hybridized carbons (Fsp3) is 0.500. The Bertz CT molecular complexity index is 579. The van der Waals surface area contributed by atoms with Gasteiger partial charge in [0.05, 0.1) is 4.90 Å². The molecular formula is C14H21N3O2S2. The molecule has 0 saturated carbocycles. The highest BCUT2D eigenvalue weighted by Gasteiger charge is 2.15. The lowest BCUT2D eigenvalue weighted by molar-refractivity contribution is 0.233. The molecule has 0 unspecified atom stereocenters. The molecular weight excluding hydrogens is 306 g/mol. The molecule has 0 aliphatic carbocycles. The van der Waals surface area contributed by atoms with Gasteiger partial charge in [0.15, 0.2) is 0 Å². The lowest BCUT2D eigenvalue weighted by Gasteiger charge is -2.26. The molecule has 3 N–H and O–H groups in total. The molecule has 0 bridgehead atoms. The number of nitrogens with zero attached hydrogens (tertiary/aromatic N) is 1. The van der Waals surface area contributed by atoms with Gasteiger partial charge < -0.3 is 10.6 Å². The molecule has 1 aliphatic rings. The molecule has 1 fully saturated rings. The lowest BCUT2D eigenvalue weighted by atomic mass is 10.1.